The van der Waals surface area contributed by atoms with Crippen molar-refractivity contribution >= 4 is 43.2 Å². The van der Waals surface area contributed by atoms with E-state index in [1.165, 1.54) is 0 Å². The Labute approximate surface area is 130 Å². The first kappa shape index (κ1) is 17.6. The average Bonchev–Trinajstić information content (AvgIpc) is 2.39. The van der Waals surface area contributed by atoms with Crippen LogP contribution < -0.4 is 10.5 Å². The summed E-state index contributed by atoms with van der Waals surface area (Å²) in [5, 5.41) is 8.86. The van der Waals surface area contributed by atoms with E-state index in [1.807, 2.05) is 0 Å². The lowest BCUT2D eigenvalue weighted by Gasteiger charge is -2.17. The van der Waals surface area contributed by atoms with E-state index >= 15 is 0 Å². The number of hydrogen-bond donors (Lipinski definition) is 3. The van der Waals surface area contributed by atoms with Crippen LogP contribution in [0, 0.1) is 5.82 Å². The summed E-state index contributed by atoms with van der Waals surface area (Å²) in [6.07, 6.45) is 0.693. The normalized spacial score (nSPS) is 13.4. The largest absolute Gasteiger partial charge is 0.396 e. The average molecular weight is 390 g/mol. The van der Waals surface area contributed by atoms with E-state index in [-0.39, 0.29) is 28.2 Å². The number of nitrogen functional groups attached to an aromatic ring is 1. The Balaban J connectivity index is 3.23. The maximum atomic E-state index is 14.0. The highest BCUT2D eigenvalue weighted by molar-refractivity contribution is 9.10. The highest BCUT2D eigenvalue weighted by Crippen LogP contribution is 2.34. The molecule has 0 radical (unpaired) electrons. The molecule has 5 nitrogen and oxygen atoms in total. The Hall–Kier alpha value is -0.410. The SMILES string of the molecule is CCC(CCO)NS(=O)(=O)c1cc(Cl)c(Br)c(N)c1F. The predicted molar refractivity (Wildman–Crippen MR) is 79.6 cm³/mol. The number of benzene rings is 1. The number of aliphatic hydroxyl groups is 1. The Kier molecular flexibility index (Phi) is 6.21. The van der Waals surface area contributed by atoms with E-state index in [9.17, 15) is 12.8 Å². The number of rotatable bonds is 6. The summed E-state index contributed by atoms with van der Waals surface area (Å²) in [6, 6.07) is 0.499. The standard InChI is InChI=1S/C11H15BrClFN2O3S/c1-2-6(3-4-17)16-20(18,19)8-5-7(13)9(12)11(15)10(8)14/h5-6,16-17H,2-4,15H2,1H3. The molecule has 1 rings (SSSR count). The van der Waals surface area contributed by atoms with Gasteiger partial charge in [0.2, 0.25) is 10.0 Å². The second-order valence-electron chi connectivity index (χ2n) is 4.14. The molecule has 1 atom stereocenters. The van der Waals surface area contributed by atoms with Crippen LogP contribution in [0.3, 0.4) is 0 Å². The zero-order valence-corrected chi connectivity index (χ0v) is 13.8. The molecule has 114 valence electrons. The summed E-state index contributed by atoms with van der Waals surface area (Å²) in [5.41, 5.74) is 5.10. The summed E-state index contributed by atoms with van der Waals surface area (Å²) >= 11 is 8.78. The van der Waals surface area contributed by atoms with Crippen molar-refractivity contribution in [2.45, 2.75) is 30.7 Å². The molecule has 0 bridgehead atoms. The van der Waals surface area contributed by atoms with Crippen LogP contribution in [-0.4, -0.2) is 26.2 Å². The van der Waals surface area contributed by atoms with Gasteiger partial charge in [-0.05, 0) is 34.8 Å². The molecule has 0 saturated heterocycles. The van der Waals surface area contributed by atoms with Crippen molar-refractivity contribution in [2.75, 3.05) is 12.3 Å². The molecule has 9 heteroatoms. The third-order valence-electron chi connectivity index (χ3n) is 2.74. The van der Waals surface area contributed by atoms with Crippen LogP contribution in [-0.2, 0) is 10.0 Å². The number of anilines is 1. The number of nitrogens with one attached hydrogen (secondary N) is 1. The van der Waals surface area contributed by atoms with Gasteiger partial charge in [-0.15, -0.1) is 0 Å². The number of hydrogen-bond acceptors (Lipinski definition) is 4. The van der Waals surface area contributed by atoms with Gasteiger partial charge in [0.1, 0.15) is 4.90 Å². The zero-order valence-electron chi connectivity index (χ0n) is 10.7. The van der Waals surface area contributed by atoms with E-state index < -0.39 is 26.8 Å². The molecule has 0 saturated carbocycles. The minimum absolute atomic E-state index is 0.000480. The highest BCUT2D eigenvalue weighted by atomic mass is 79.9. The maximum Gasteiger partial charge on any atom is 0.243 e. The second-order valence-corrected chi connectivity index (χ2v) is 7.02. The van der Waals surface area contributed by atoms with Crippen LogP contribution in [0.15, 0.2) is 15.4 Å². The molecule has 1 aromatic rings. The number of nitrogens with two attached hydrogens (primary N) is 1. The molecule has 0 aliphatic heterocycles. The zero-order chi connectivity index (χ0) is 15.5. The van der Waals surface area contributed by atoms with Gasteiger partial charge in [-0.25, -0.2) is 17.5 Å². The smallest absolute Gasteiger partial charge is 0.243 e. The topological polar surface area (TPSA) is 92.4 Å². The first-order valence-electron chi connectivity index (χ1n) is 5.80. The molecule has 0 fully saturated rings. The molecule has 20 heavy (non-hydrogen) atoms. The molecule has 4 N–H and O–H groups in total. The van der Waals surface area contributed by atoms with Crippen molar-refractivity contribution in [3.05, 3.63) is 21.4 Å². The Morgan fingerprint density at radius 1 is 1.60 bits per heavy atom. The number of aliphatic hydroxyl groups excluding tert-OH is 1. The molecular formula is C11H15BrClFN2O3S. The van der Waals surface area contributed by atoms with E-state index in [1.54, 1.807) is 6.92 Å². The van der Waals surface area contributed by atoms with Gasteiger partial charge in [-0.3, -0.25) is 0 Å². The molecule has 0 spiro atoms. The van der Waals surface area contributed by atoms with Crippen molar-refractivity contribution < 1.29 is 17.9 Å². The first-order valence-corrected chi connectivity index (χ1v) is 8.46. The van der Waals surface area contributed by atoms with Crippen molar-refractivity contribution in [1.29, 1.82) is 0 Å². The van der Waals surface area contributed by atoms with Gasteiger partial charge in [0, 0.05) is 12.6 Å². The lowest BCUT2D eigenvalue weighted by atomic mass is 10.2. The molecule has 1 aromatic carbocycles. The lowest BCUT2D eigenvalue weighted by molar-refractivity contribution is 0.270. The molecule has 0 aliphatic rings. The first-order chi connectivity index (χ1) is 9.24. The van der Waals surface area contributed by atoms with Crippen molar-refractivity contribution in [2.24, 2.45) is 0 Å². The molecule has 1 unspecified atom stereocenters. The summed E-state index contributed by atoms with van der Waals surface area (Å²) in [5.74, 6) is -1.06. The van der Waals surface area contributed by atoms with Crippen LogP contribution in [0.5, 0.6) is 0 Å². The summed E-state index contributed by atoms with van der Waals surface area (Å²) in [4.78, 5) is -0.611. The fraction of sp³-hybridized carbons (Fsp3) is 0.455. The monoisotopic (exact) mass is 388 g/mol. The summed E-state index contributed by atoms with van der Waals surface area (Å²) in [6.45, 7) is 1.58. The van der Waals surface area contributed by atoms with Gasteiger partial charge < -0.3 is 10.8 Å². The van der Waals surface area contributed by atoms with E-state index in [2.05, 4.69) is 20.7 Å². The molecule has 0 aromatic heterocycles. The Bertz CT molecular complexity index is 598. The third-order valence-corrected chi connectivity index (χ3v) is 5.64. The number of sulfonamides is 1. The van der Waals surface area contributed by atoms with Gasteiger partial charge >= 0.3 is 0 Å². The van der Waals surface area contributed by atoms with E-state index in [0.29, 0.717) is 6.42 Å². The molecular weight excluding hydrogens is 375 g/mol. The maximum absolute atomic E-state index is 14.0. The second kappa shape index (κ2) is 7.04. The lowest BCUT2D eigenvalue weighted by Crippen LogP contribution is -2.35. The molecule has 0 amide bonds. The summed E-state index contributed by atoms with van der Waals surface area (Å²) in [7, 11) is -4.11. The quantitative estimate of drug-likeness (QED) is 0.514. The van der Waals surface area contributed by atoms with Crippen molar-refractivity contribution in [3.63, 3.8) is 0 Å². The van der Waals surface area contributed by atoms with Crippen LogP contribution >= 0.6 is 27.5 Å². The molecule has 0 heterocycles. The third kappa shape index (κ3) is 3.82. The van der Waals surface area contributed by atoms with Crippen molar-refractivity contribution in [1.82, 2.24) is 4.72 Å². The van der Waals surface area contributed by atoms with Crippen LogP contribution in [0.1, 0.15) is 19.8 Å². The van der Waals surface area contributed by atoms with Crippen LogP contribution in [0.4, 0.5) is 10.1 Å². The van der Waals surface area contributed by atoms with Gasteiger partial charge in [0.25, 0.3) is 0 Å². The van der Waals surface area contributed by atoms with Gasteiger partial charge in [-0.2, -0.15) is 0 Å². The minimum atomic E-state index is -4.11. The number of halogens is 3. The Morgan fingerprint density at radius 3 is 2.70 bits per heavy atom. The fourth-order valence-electron chi connectivity index (χ4n) is 1.58. The van der Waals surface area contributed by atoms with Gasteiger partial charge in [0.15, 0.2) is 5.82 Å². The van der Waals surface area contributed by atoms with E-state index in [4.69, 9.17) is 22.4 Å². The summed E-state index contributed by atoms with van der Waals surface area (Å²) < 4.78 is 40.7. The van der Waals surface area contributed by atoms with E-state index in [0.717, 1.165) is 6.07 Å². The van der Waals surface area contributed by atoms with Gasteiger partial charge in [-0.1, -0.05) is 18.5 Å². The highest BCUT2D eigenvalue weighted by Gasteiger charge is 2.26. The molecule has 0 aliphatic carbocycles. The van der Waals surface area contributed by atoms with Crippen LogP contribution in [0.2, 0.25) is 5.02 Å². The fourth-order valence-corrected chi connectivity index (χ4v) is 3.61. The predicted octanol–water partition coefficient (Wildman–Crippen LogP) is 2.26. The van der Waals surface area contributed by atoms with Crippen molar-refractivity contribution in [3.8, 4) is 0 Å². The van der Waals surface area contributed by atoms with Gasteiger partial charge in [0.05, 0.1) is 15.2 Å². The minimum Gasteiger partial charge on any atom is -0.396 e. The Morgan fingerprint density at radius 2 is 2.20 bits per heavy atom. The van der Waals surface area contributed by atoms with Crippen LogP contribution in [0.25, 0.3) is 0 Å².